The molecule has 0 saturated heterocycles. The second-order valence-electron chi connectivity index (χ2n) is 6.48. The number of aliphatic imine (C=N–C) groups is 1. The number of aromatic nitrogens is 1. The molecular weight excluding hydrogens is 396 g/mol. The fourth-order valence-electron chi connectivity index (χ4n) is 2.83. The Kier molecular flexibility index (Phi) is 6.87. The fourth-order valence-corrected chi connectivity index (χ4v) is 2.83. The lowest BCUT2D eigenvalue weighted by Crippen LogP contribution is -2.29. The normalized spacial score (nSPS) is 21.0. The van der Waals surface area contributed by atoms with Crippen molar-refractivity contribution < 1.29 is 23.0 Å². The summed E-state index contributed by atoms with van der Waals surface area (Å²) in [5.41, 5.74) is 6.64. The Balaban J connectivity index is 1.81. The number of pyridine rings is 1. The van der Waals surface area contributed by atoms with Crippen LogP contribution in [0.5, 0.6) is 0 Å². The van der Waals surface area contributed by atoms with Crippen LogP contribution in [0.2, 0.25) is 0 Å². The van der Waals surface area contributed by atoms with Crippen LogP contribution in [-0.4, -0.2) is 42.9 Å². The SMILES string of the molecule is N#Cc1ccc(C(=O)Nc2ccc(F)c([C@H]3CCOC[C@@H](CF)O/C(N)=N\3)c2)nc1. The maximum atomic E-state index is 14.5. The van der Waals surface area contributed by atoms with E-state index in [9.17, 15) is 13.6 Å². The largest absolute Gasteiger partial charge is 0.457 e. The highest BCUT2D eigenvalue weighted by molar-refractivity contribution is 6.02. The highest BCUT2D eigenvalue weighted by Gasteiger charge is 2.21. The molecule has 2 heterocycles. The molecular formula is C20H19F2N5O3. The molecule has 10 heteroatoms. The summed E-state index contributed by atoms with van der Waals surface area (Å²) in [4.78, 5) is 20.5. The highest BCUT2D eigenvalue weighted by atomic mass is 19.1. The number of nitriles is 1. The van der Waals surface area contributed by atoms with E-state index in [1.165, 1.54) is 36.5 Å². The summed E-state index contributed by atoms with van der Waals surface area (Å²) < 4.78 is 37.9. The van der Waals surface area contributed by atoms with E-state index in [1.807, 2.05) is 6.07 Å². The second kappa shape index (κ2) is 9.76. The molecule has 1 aromatic heterocycles. The van der Waals surface area contributed by atoms with Gasteiger partial charge in [-0.05, 0) is 36.8 Å². The number of alkyl halides is 1. The third-order valence-corrected chi connectivity index (χ3v) is 4.32. The summed E-state index contributed by atoms with van der Waals surface area (Å²) in [5, 5.41) is 11.4. The van der Waals surface area contributed by atoms with Gasteiger partial charge in [0.15, 0.2) is 6.10 Å². The van der Waals surface area contributed by atoms with E-state index >= 15 is 0 Å². The lowest BCUT2D eigenvalue weighted by Gasteiger charge is -2.15. The summed E-state index contributed by atoms with van der Waals surface area (Å²) in [6.07, 6.45) is 0.696. The monoisotopic (exact) mass is 415 g/mol. The van der Waals surface area contributed by atoms with Crippen molar-refractivity contribution in [3.05, 3.63) is 59.2 Å². The van der Waals surface area contributed by atoms with Crippen molar-refractivity contribution in [2.45, 2.75) is 18.6 Å². The number of nitrogens with zero attached hydrogens (tertiary/aromatic N) is 3. The van der Waals surface area contributed by atoms with Crippen LogP contribution >= 0.6 is 0 Å². The number of nitrogens with two attached hydrogens (primary N) is 1. The summed E-state index contributed by atoms with van der Waals surface area (Å²) in [6.45, 7) is -0.581. The van der Waals surface area contributed by atoms with E-state index in [1.54, 1.807) is 0 Å². The number of amides is 1. The van der Waals surface area contributed by atoms with Gasteiger partial charge in [0.1, 0.15) is 24.3 Å². The molecule has 156 valence electrons. The molecule has 1 amide bonds. The number of hydrogen-bond acceptors (Lipinski definition) is 7. The van der Waals surface area contributed by atoms with E-state index < -0.39 is 30.5 Å². The van der Waals surface area contributed by atoms with E-state index in [4.69, 9.17) is 20.5 Å². The van der Waals surface area contributed by atoms with Crippen LogP contribution in [0.25, 0.3) is 0 Å². The van der Waals surface area contributed by atoms with Crippen molar-refractivity contribution in [3.63, 3.8) is 0 Å². The number of rotatable bonds is 4. The molecule has 3 N–H and O–H groups in total. The standard InChI is InChI=1S/C20H19F2N5O3/c21-8-14-11-29-6-5-17(27-20(24)30-14)15-7-13(2-3-16(15)22)26-19(28)18-4-1-12(9-23)10-25-18/h1-4,7,10,14,17H,5-6,8,11H2,(H2,24,27)(H,26,28)/t14-,17-/m1/s1. The van der Waals surface area contributed by atoms with E-state index in [2.05, 4.69) is 15.3 Å². The summed E-state index contributed by atoms with van der Waals surface area (Å²) in [7, 11) is 0. The number of amidine groups is 1. The highest BCUT2D eigenvalue weighted by Crippen LogP contribution is 2.28. The number of anilines is 1. The van der Waals surface area contributed by atoms with Crippen LogP contribution in [0.15, 0.2) is 41.5 Å². The predicted octanol–water partition coefficient (Wildman–Crippen LogP) is 2.48. The van der Waals surface area contributed by atoms with Crippen molar-refractivity contribution in [1.29, 1.82) is 5.26 Å². The Labute approximate surface area is 171 Å². The molecule has 0 spiro atoms. The number of halogens is 2. The van der Waals surface area contributed by atoms with Crippen LogP contribution < -0.4 is 11.1 Å². The van der Waals surface area contributed by atoms with Gasteiger partial charge in [0.25, 0.3) is 11.9 Å². The molecule has 0 bridgehead atoms. The minimum absolute atomic E-state index is 0.00953. The zero-order valence-electron chi connectivity index (χ0n) is 15.8. The van der Waals surface area contributed by atoms with Crippen molar-refractivity contribution in [2.75, 3.05) is 25.2 Å². The van der Waals surface area contributed by atoms with Crippen LogP contribution in [0.1, 0.15) is 34.1 Å². The van der Waals surface area contributed by atoms with Crippen molar-refractivity contribution in [2.24, 2.45) is 10.7 Å². The second-order valence-corrected chi connectivity index (χ2v) is 6.48. The Hall–Kier alpha value is -3.58. The third-order valence-electron chi connectivity index (χ3n) is 4.32. The Morgan fingerprint density at radius 2 is 2.20 bits per heavy atom. The van der Waals surface area contributed by atoms with Gasteiger partial charge in [-0.1, -0.05) is 0 Å². The van der Waals surface area contributed by atoms with Crippen LogP contribution in [0, 0.1) is 17.1 Å². The van der Waals surface area contributed by atoms with Gasteiger partial charge >= 0.3 is 0 Å². The summed E-state index contributed by atoms with van der Waals surface area (Å²) in [6, 6.07) is 7.83. The molecule has 0 radical (unpaired) electrons. The maximum absolute atomic E-state index is 14.5. The van der Waals surface area contributed by atoms with E-state index in [0.29, 0.717) is 11.3 Å². The molecule has 1 aliphatic rings. The lowest BCUT2D eigenvalue weighted by molar-refractivity contribution is 0.0326. The van der Waals surface area contributed by atoms with Gasteiger partial charge in [-0.3, -0.25) is 4.79 Å². The molecule has 1 aliphatic heterocycles. The molecule has 2 atom stereocenters. The van der Waals surface area contributed by atoms with Crippen molar-refractivity contribution >= 4 is 17.6 Å². The number of ether oxygens (including phenoxy) is 2. The molecule has 1 aromatic carbocycles. The zero-order valence-corrected chi connectivity index (χ0v) is 15.8. The first kappa shape index (κ1) is 21.1. The number of hydrogen-bond donors (Lipinski definition) is 2. The summed E-state index contributed by atoms with van der Waals surface area (Å²) in [5.74, 6) is -1.07. The quantitative estimate of drug-likeness (QED) is 0.791. The smallest absolute Gasteiger partial charge is 0.282 e. The van der Waals surface area contributed by atoms with E-state index in [-0.39, 0.29) is 36.9 Å². The maximum Gasteiger partial charge on any atom is 0.282 e. The molecule has 0 saturated carbocycles. The first-order chi connectivity index (χ1) is 14.5. The summed E-state index contributed by atoms with van der Waals surface area (Å²) >= 11 is 0. The van der Waals surface area contributed by atoms with E-state index in [0.717, 1.165) is 0 Å². The van der Waals surface area contributed by atoms with Crippen LogP contribution in [0.3, 0.4) is 0 Å². The number of carbonyl (C=O) groups excluding carboxylic acids is 1. The number of carbonyl (C=O) groups is 1. The molecule has 0 fully saturated rings. The van der Waals surface area contributed by atoms with Crippen LogP contribution in [-0.2, 0) is 9.47 Å². The molecule has 0 aliphatic carbocycles. The lowest BCUT2D eigenvalue weighted by atomic mass is 10.0. The topological polar surface area (TPSA) is 123 Å². The minimum atomic E-state index is -0.872. The number of nitrogens with one attached hydrogen (secondary N) is 1. The molecule has 30 heavy (non-hydrogen) atoms. The average molecular weight is 415 g/mol. The van der Waals surface area contributed by atoms with Gasteiger partial charge in [0.2, 0.25) is 0 Å². The fraction of sp³-hybridized carbons (Fsp3) is 0.300. The number of benzene rings is 1. The predicted molar refractivity (Wildman–Crippen MR) is 104 cm³/mol. The van der Waals surface area contributed by atoms with Gasteiger partial charge in [0, 0.05) is 24.1 Å². The average Bonchev–Trinajstić information content (AvgIpc) is 2.85. The van der Waals surface area contributed by atoms with Crippen molar-refractivity contribution in [1.82, 2.24) is 4.98 Å². The minimum Gasteiger partial charge on any atom is -0.457 e. The van der Waals surface area contributed by atoms with Gasteiger partial charge in [-0.15, -0.1) is 0 Å². The molecule has 3 rings (SSSR count). The molecule has 8 nitrogen and oxygen atoms in total. The van der Waals surface area contributed by atoms with Gasteiger partial charge in [0.05, 0.1) is 18.2 Å². The van der Waals surface area contributed by atoms with Gasteiger partial charge in [-0.2, -0.15) is 5.26 Å². The Morgan fingerprint density at radius 1 is 1.37 bits per heavy atom. The van der Waals surface area contributed by atoms with Gasteiger partial charge in [-0.25, -0.2) is 18.8 Å². The van der Waals surface area contributed by atoms with Gasteiger partial charge < -0.3 is 20.5 Å². The Bertz CT molecular complexity index is 975. The first-order valence-corrected chi connectivity index (χ1v) is 9.10. The molecule has 0 unspecified atom stereocenters. The molecule has 2 aromatic rings. The van der Waals surface area contributed by atoms with Crippen LogP contribution in [0.4, 0.5) is 14.5 Å². The van der Waals surface area contributed by atoms with Crippen molar-refractivity contribution in [3.8, 4) is 6.07 Å². The third kappa shape index (κ3) is 5.27. The first-order valence-electron chi connectivity index (χ1n) is 9.10. The zero-order chi connectivity index (χ0) is 21.5. The Morgan fingerprint density at radius 3 is 2.90 bits per heavy atom.